The SMILES string of the molecule is C=CC1CC(=O)C(C(=O)O)CC1(C)C. The Morgan fingerprint density at radius 3 is 2.64 bits per heavy atom. The number of allylic oxidation sites excluding steroid dienone is 1. The first-order chi connectivity index (χ1) is 6.38. The van der Waals surface area contributed by atoms with E-state index in [1.165, 1.54) is 0 Å². The Balaban J connectivity index is 2.88. The van der Waals surface area contributed by atoms with Crippen LogP contribution in [0, 0.1) is 17.3 Å². The molecule has 0 bridgehead atoms. The molecule has 0 amide bonds. The third kappa shape index (κ3) is 1.86. The molecule has 1 aliphatic rings. The van der Waals surface area contributed by atoms with Gasteiger partial charge in [0.05, 0.1) is 0 Å². The molecule has 1 N–H and O–H groups in total. The summed E-state index contributed by atoms with van der Waals surface area (Å²) in [7, 11) is 0. The largest absolute Gasteiger partial charge is 0.481 e. The Morgan fingerprint density at radius 2 is 2.21 bits per heavy atom. The molecule has 3 heteroatoms. The Kier molecular flexibility index (Phi) is 2.79. The van der Waals surface area contributed by atoms with Crippen molar-refractivity contribution in [3.8, 4) is 0 Å². The van der Waals surface area contributed by atoms with Crippen LogP contribution in [-0.2, 0) is 9.59 Å². The number of aliphatic carboxylic acids is 1. The maximum atomic E-state index is 11.5. The molecule has 78 valence electrons. The molecule has 0 spiro atoms. The van der Waals surface area contributed by atoms with E-state index in [1.807, 2.05) is 13.8 Å². The lowest BCUT2D eigenvalue weighted by atomic mass is 9.64. The third-order valence-corrected chi connectivity index (χ3v) is 3.13. The maximum absolute atomic E-state index is 11.5. The van der Waals surface area contributed by atoms with Crippen molar-refractivity contribution in [2.75, 3.05) is 0 Å². The van der Waals surface area contributed by atoms with E-state index in [-0.39, 0.29) is 17.1 Å². The van der Waals surface area contributed by atoms with Crippen molar-refractivity contribution in [1.29, 1.82) is 0 Å². The first kappa shape index (κ1) is 11.0. The van der Waals surface area contributed by atoms with Crippen LogP contribution in [0.4, 0.5) is 0 Å². The second-order valence-electron chi connectivity index (χ2n) is 4.60. The molecule has 14 heavy (non-hydrogen) atoms. The Hall–Kier alpha value is -1.12. The van der Waals surface area contributed by atoms with Gasteiger partial charge in [-0.05, 0) is 17.8 Å². The molecule has 0 aromatic heterocycles. The lowest BCUT2D eigenvalue weighted by molar-refractivity contribution is -0.150. The number of ketones is 1. The molecule has 1 saturated carbocycles. The second kappa shape index (κ2) is 3.56. The van der Waals surface area contributed by atoms with Crippen LogP contribution in [0.25, 0.3) is 0 Å². The van der Waals surface area contributed by atoms with Crippen LogP contribution in [0.3, 0.4) is 0 Å². The first-order valence-corrected chi connectivity index (χ1v) is 4.76. The van der Waals surface area contributed by atoms with Gasteiger partial charge in [0.25, 0.3) is 0 Å². The molecular weight excluding hydrogens is 180 g/mol. The molecule has 0 aromatic rings. The minimum Gasteiger partial charge on any atom is -0.481 e. The zero-order valence-corrected chi connectivity index (χ0v) is 8.62. The standard InChI is InChI=1S/C11H16O3/c1-4-7-5-9(12)8(10(13)14)6-11(7,2)3/h4,7-8H,1,5-6H2,2-3H3,(H,13,14). The van der Waals surface area contributed by atoms with E-state index in [0.717, 1.165) is 0 Å². The van der Waals surface area contributed by atoms with Crippen molar-refractivity contribution in [2.24, 2.45) is 17.3 Å². The van der Waals surface area contributed by atoms with Gasteiger partial charge in [0.2, 0.25) is 0 Å². The summed E-state index contributed by atoms with van der Waals surface area (Å²) >= 11 is 0. The van der Waals surface area contributed by atoms with E-state index in [2.05, 4.69) is 6.58 Å². The summed E-state index contributed by atoms with van der Waals surface area (Å²) in [6.07, 6.45) is 2.49. The lowest BCUT2D eigenvalue weighted by Crippen LogP contribution is -2.40. The molecule has 0 heterocycles. The summed E-state index contributed by atoms with van der Waals surface area (Å²) < 4.78 is 0. The van der Waals surface area contributed by atoms with Gasteiger partial charge in [0, 0.05) is 6.42 Å². The van der Waals surface area contributed by atoms with Gasteiger partial charge in [-0.1, -0.05) is 19.9 Å². The van der Waals surface area contributed by atoms with E-state index in [4.69, 9.17) is 5.11 Å². The Morgan fingerprint density at radius 1 is 1.64 bits per heavy atom. The lowest BCUT2D eigenvalue weighted by Gasteiger charge is -2.38. The summed E-state index contributed by atoms with van der Waals surface area (Å²) in [5.74, 6) is -1.88. The highest BCUT2D eigenvalue weighted by Crippen LogP contribution is 2.42. The van der Waals surface area contributed by atoms with E-state index in [9.17, 15) is 9.59 Å². The van der Waals surface area contributed by atoms with Crippen molar-refractivity contribution >= 4 is 11.8 Å². The van der Waals surface area contributed by atoms with E-state index in [1.54, 1.807) is 6.08 Å². The first-order valence-electron chi connectivity index (χ1n) is 4.76. The fraction of sp³-hybridized carbons (Fsp3) is 0.636. The van der Waals surface area contributed by atoms with Crippen LogP contribution in [0.1, 0.15) is 26.7 Å². The normalized spacial score (nSPS) is 31.1. The van der Waals surface area contributed by atoms with Crippen molar-refractivity contribution in [1.82, 2.24) is 0 Å². The van der Waals surface area contributed by atoms with Crippen LogP contribution in [-0.4, -0.2) is 16.9 Å². The number of rotatable bonds is 2. The van der Waals surface area contributed by atoms with Gasteiger partial charge in [-0.15, -0.1) is 6.58 Å². The highest BCUT2D eigenvalue weighted by molar-refractivity contribution is 5.99. The Labute approximate surface area is 83.8 Å². The summed E-state index contributed by atoms with van der Waals surface area (Å²) in [5.41, 5.74) is -0.140. The highest BCUT2D eigenvalue weighted by atomic mass is 16.4. The number of carbonyl (C=O) groups excluding carboxylic acids is 1. The fourth-order valence-corrected chi connectivity index (χ4v) is 2.05. The topological polar surface area (TPSA) is 54.4 Å². The van der Waals surface area contributed by atoms with E-state index < -0.39 is 11.9 Å². The van der Waals surface area contributed by atoms with Gasteiger partial charge >= 0.3 is 5.97 Å². The molecule has 0 saturated heterocycles. The zero-order valence-electron chi connectivity index (χ0n) is 8.62. The summed E-state index contributed by atoms with van der Waals surface area (Å²) in [4.78, 5) is 22.3. The van der Waals surface area contributed by atoms with Crippen LogP contribution in [0.15, 0.2) is 12.7 Å². The van der Waals surface area contributed by atoms with E-state index >= 15 is 0 Å². The smallest absolute Gasteiger partial charge is 0.314 e. The van der Waals surface area contributed by atoms with Crippen LogP contribution >= 0.6 is 0 Å². The molecule has 3 nitrogen and oxygen atoms in total. The van der Waals surface area contributed by atoms with Gasteiger partial charge in [0.1, 0.15) is 11.7 Å². The van der Waals surface area contributed by atoms with Crippen LogP contribution in [0.2, 0.25) is 0 Å². The van der Waals surface area contributed by atoms with Gasteiger partial charge < -0.3 is 5.11 Å². The van der Waals surface area contributed by atoms with Crippen molar-refractivity contribution in [2.45, 2.75) is 26.7 Å². The summed E-state index contributed by atoms with van der Waals surface area (Å²) in [6.45, 7) is 7.66. The minimum absolute atomic E-state index is 0.102. The van der Waals surface area contributed by atoms with Crippen molar-refractivity contribution in [3.63, 3.8) is 0 Å². The minimum atomic E-state index is -0.995. The molecule has 2 atom stereocenters. The number of carboxylic acids is 1. The van der Waals surface area contributed by atoms with Crippen LogP contribution < -0.4 is 0 Å². The predicted octanol–water partition coefficient (Wildman–Crippen LogP) is 1.88. The van der Waals surface area contributed by atoms with Gasteiger partial charge in [-0.3, -0.25) is 9.59 Å². The predicted molar refractivity (Wildman–Crippen MR) is 52.8 cm³/mol. The maximum Gasteiger partial charge on any atom is 0.314 e. The van der Waals surface area contributed by atoms with Gasteiger partial charge in [0.15, 0.2) is 0 Å². The average Bonchev–Trinajstić information content (AvgIpc) is 2.07. The third-order valence-electron chi connectivity index (χ3n) is 3.13. The second-order valence-corrected chi connectivity index (χ2v) is 4.60. The summed E-state index contributed by atoms with van der Waals surface area (Å²) in [5, 5.41) is 8.85. The monoisotopic (exact) mass is 196 g/mol. The number of carbonyl (C=O) groups is 2. The molecule has 0 aromatic carbocycles. The molecule has 0 aliphatic heterocycles. The van der Waals surface area contributed by atoms with Crippen LogP contribution in [0.5, 0.6) is 0 Å². The fourth-order valence-electron chi connectivity index (χ4n) is 2.05. The molecule has 1 rings (SSSR count). The molecular formula is C11H16O3. The molecule has 1 fully saturated rings. The van der Waals surface area contributed by atoms with E-state index in [0.29, 0.717) is 12.8 Å². The molecule has 2 unspecified atom stereocenters. The summed E-state index contributed by atoms with van der Waals surface area (Å²) in [6, 6.07) is 0. The number of hydrogen-bond donors (Lipinski definition) is 1. The average molecular weight is 196 g/mol. The highest BCUT2D eigenvalue weighted by Gasteiger charge is 2.42. The number of hydrogen-bond acceptors (Lipinski definition) is 2. The van der Waals surface area contributed by atoms with Gasteiger partial charge in [-0.25, -0.2) is 0 Å². The zero-order chi connectivity index (χ0) is 10.9. The number of carboxylic acid groups (broad SMARTS) is 1. The quantitative estimate of drug-likeness (QED) is 0.542. The van der Waals surface area contributed by atoms with Crippen molar-refractivity contribution < 1.29 is 14.7 Å². The Bertz CT molecular complexity index is 278. The van der Waals surface area contributed by atoms with Crippen molar-refractivity contribution in [3.05, 3.63) is 12.7 Å². The molecule has 0 radical (unpaired) electrons. The van der Waals surface area contributed by atoms with Gasteiger partial charge in [-0.2, -0.15) is 0 Å². The molecule has 1 aliphatic carbocycles. The number of Topliss-reactive ketones (excluding diaryl/α,β-unsaturated/α-hetero) is 1.